The van der Waals surface area contributed by atoms with Crippen molar-refractivity contribution in [2.75, 3.05) is 20.8 Å². The highest BCUT2D eigenvalue weighted by Crippen LogP contribution is 2.63. The number of likely N-dealkylation sites (tertiary alicyclic amines) is 1. The molecule has 5 heteroatoms. The smallest absolute Gasteiger partial charge is 0.209 e. The SMILES string of the molecule is COC1=C2Oc3c(OC)ccc4c3[C@@]23CCN(C=O)[C@H](C4)[C@H]3C=C1. The van der Waals surface area contributed by atoms with Crippen molar-refractivity contribution < 1.29 is 19.0 Å². The van der Waals surface area contributed by atoms with Crippen LogP contribution in [0.4, 0.5) is 0 Å². The van der Waals surface area contributed by atoms with E-state index in [0.717, 1.165) is 48.8 Å². The predicted molar refractivity (Wildman–Crippen MR) is 86.8 cm³/mol. The molecule has 1 fully saturated rings. The molecule has 2 heterocycles. The van der Waals surface area contributed by atoms with Crippen LogP contribution in [0.1, 0.15) is 17.5 Å². The Morgan fingerprint density at radius 3 is 2.96 bits per heavy atom. The molecular formula is C19H19NO4. The van der Waals surface area contributed by atoms with Crippen LogP contribution in [0.2, 0.25) is 0 Å². The second kappa shape index (κ2) is 4.56. The number of ether oxygens (including phenoxy) is 3. The molecule has 1 aromatic carbocycles. The van der Waals surface area contributed by atoms with Crippen LogP contribution in [-0.4, -0.2) is 38.1 Å². The van der Waals surface area contributed by atoms with Gasteiger partial charge in [-0.1, -0.05) is 12.1 Å². The molecule has 0 N–H and O–H groups in total. The number of methoxy groups -OCH3 is 2. The van der Waals surface area contributed by atoms with Crippen molar-refractivity contribution in [1.29, 1.82) is 0 Å². The van der Waals surface area contributed by atoms with Gasteiger partial charge in [-0.05, 0) is 30.5 Å². The van der Waals surface area contributed by atoms with Gasteiger partial charge < -0.3 is 19.1 Å². The summed E-state index contributed by atoms with van der Waals surface area (Å²) in [6, 6.07) is 4.24. The van der Waals surface area contributed by atoms with E-state index in [1.165, 1.54) is 11.1 Å². The molecule has 124 valence electrons. The molecule has 5 rings (SSSR count). The number of carbonyl (C=O) groups is 1. The number of hydrogen-bond acceptors (Lipinski definition) is 4. The van der Waals surface area contributed by atoms with Gasteiger partial charge in [0, 0.05) is 24.1 Å². The molecule has 0 saturated carbocycles. The molecule has 0 radical (unpaired) electrons. The van der Waals surface area contributed by atoms with Gasteiger partial charge in [-0.15, -0.1) is 0 Å². The molecule has 1 amide bonds. The quantitative estimate of drug-likeness (QED) is 0.799. The molecular weight excluding hydrogens is 306 g/mol. The third-order valence-corrected chi connectivity index (χ3v) is 6.12. The minimum atomic E-state index is -0.234. The van der Waals surface area contributed by atoms with E-state index in [2.05, 4.69) is 12.1 Å². The van der Waals surface area contributed by atoms with E-state index < -0.39 is 0 Å². The number of carbonyl (C=O) groups excluding carboxylic acids is 1. The maximum atomic E-state index is 11.6. The lowest BCUT2D eigenvalue weighted by molar-refractivity contribution is -0.124. The Morgan fingerprint density at radius 1 is 1.33 bits per heavy atom. The van der Waals surface area contributed by atoms with Crippen molar-refractivity contribution >= 4 is 6.41 Å². The van der Waals surface area contributed by atoms with Gasteiger partial charge in [0.15, 0.2) is 23.0 Å². The van der Waals surface area contributed by atoms with Crippen LogP contribution < -0.4 is 9.47 Å². The van der Waals surface area contributed by atoms with E-state index >= 15 is 0 Å². The average molecular weight is 325 g/mol. The summed E-state index contributed by atoms with van der Waals surface area (Å²) in [5.41, 5.74) is 2.25. The standard InChI is InChI=1S/C19H19NO4/c1-22-14-5-3-11-9-13-12-4-6-15(23-2)18-19(12,7-8-20(13)10-21)16(11)17(14)24-18/h3-6,10,12-13H,7-9H2,1-2H3/t12-,13-,19+/m1/s1. The first-order valence-corrected chi connectivity index (χ1v) is 8.30. The van der Waals surface area contributed by atoms with Gasteiger partial charge >= 0.3 is 0 Å². The maximum Gasteiger partial charge on any atom is 0.209 e. The third-order valence-electron chi connectivity index (χ3n) is 6.12. The number of hydrogen-bond donors (Lipinski definition) is 0. The second-order valence-electron chi connectivity index (χ2n) is 6.85. The van der Waals surface area contributed by atoms with E-state index in [1.807, 2.05) is 17.0 Å². The van der Waals surface area contributed by atoms with Crippen molar-refractivity contribution in [1.82, 2.24) is 4.90 Å². The van der Waals surface area contributed by atoms with Crippen LogP contribution in [0.5, 0.6) is 11.5 Å². The van der Waals surface area contributed by atoms with E-state index in [9.17, 15) is 4.79 Å². The molecule has 2 aliphatic carbocycles. The summed E-state index contributed by atoms with van der Waals surface area (Å²) in [6.07, 6.45) is 6.87. The van der Waals surface area contributed by atoms with Crippen LogP contribution >= 0.6 is 0 Å². The van der Waals surface area contributed by atoms with Gasteiger partial charge in [0.1, 0.15) is 0 Å². The van der Waals surface area contributed by atoms with Crippen LogP contribution in [-0.2, 0) is 21.4 Å². The molecule has 2 bridgehead atoms. The Morgan fingerprint density at radius 2 is 2.21 bits per heavy atom. The fourth-order valence-corrected chi connectivity index (χ4v) is 5.15. The monoisotopic (exact) mass is 325 g/mol. The van der Waals surface area contributed by atoms with Gasteiger partial charge in [-0.2, -0.15) is 0 Å². The van der Waals surface area contributed by atoms with Gasteiger partial charge in [0.05, 0.1) is 19.6 Å². The fourth-order valence-electron chi connectivity index (χ4n) is 5.15. The van der Waals surface area contributed by atoms with Gasteiger partial charge in [-0.3, -0.25) is 4.79 Å². The fraction of sp³-hybridized carbons (Fsp3) is 0.421. The summed E-state index contributed by atoms with van der Waals surface area (Å²) in [5, 5.41) is 0. The molecule has 0 unspecified atom stereocenters. The highest BCUT2D eigenvalue weighted by molar-refractivity contribution is 5.67. The van der Waals surface area contributed by atoms with Gasteiger partial charge in [0.2, 0.25) is 6.41 Å². The van der Waals surface area contributed by atoms with Gasteiger partial charge in [-0.25, -0.2) is 0 Å². The normalized spacial score (nSPS) is 31.5. The van der Waals surface area contributed by atoms with Crippen molar-refractivity contribution in [2.45, 2.75) is 24.3 Å². The summed E-state index contributed by atoms with van der Waals surface area (Å²) < 4.78 is 17.5. The first kappa shape index (κ1) is 14.0. The summed E-state index contributed by atoms with van der Waals surface area (Å²) >= 11 is 0. The molecule has 5 nitrogen and oxygen atoms in total. The minimum absolute atomic E-state index is 0.163. The highest BCUT2D eigenvalue weighted by atomic mass is 16.5. The van der Waals surface area contributed by atoms with E-state index in [4.69, 9.17) is 14.2 Å². The van der Waals surface area contributed by atoms with Crippen LogP contribution in [0.25, 0.3) is 0 Å². The van der Waals surface area contributed by atoms with E-state index in [0.29, 0.717) is 0 Å². The number of benzene rings is 1. The summed E-state index contributed by atoms with van der Waals surface area (Å²) in [6.45, 7) is 0.735. The van der Waals surface area contributed by atoms with E-state index in [1.54, 1.807) is 14.2 Å². The number of amides is 1. The lowest BCUT2D eigenvalue weighted by Gasteiger charge is -2.53. The van der Waals surface area contributed by atoms with Crippen LogP contribution in [0.3, 0.4) is 0 Å². The Hall–Kier alpha value is -2.43. The van der Waals surface area contributed by atoms with Crippen molar-refractivity contribution in [3.8, 4) is 11.5 Å². The predicted octanol–water partition coefficient (Wildman–Crippen LogP) is 2.16. The lowest BCUT2D eigenvalue weighted by Crippen LogP contribution is -2.59. The molecule has 1 aromatic rings. The topological polar surface area (TPSA) is 48.0 Å². The molecule has 24 heavy (non-hydrogen) atoms. The Kier molecular flexibility index (Phi) is 2.65. The zero-order chi connectivity index (χ0) is 16.5. The van der Waals surface area contributed by atoms with Gasteiger partial charge in [0.25, 0.3) is 0 Å². The van der Waals surface area contributed by atoms with Crippen molar-refractivity contribution in [2.24, 2.45) is 5.92 Å². The van der Waals surface area contributed by atoms with Crippen LogP contribution in [0.15, 0.2) is 35.8 Å². The highest BCUT2D eigenvalue weighted by Gasteiger charge is 2.62. The zero-order valence-corrected chi connectivity index (χ0v) is 13.7. The molecule has 1 spiro atoms. The average Bonchev–Trinajstić information content (AvgIpc) is 2.96. The first-order chi connectivity index (χ1) is 11.7. The summed E-state index contributed by atoms with van der Waals surface area (Å²) in [7, 11) is 3.35. The first-order valence-electron chi connectivity index (χ1n) is 8.30. The number of nitrogens with zero attached hydrogens (tertiary/aromatic N) is 1. The van der Waals surface area contributed by atoms with E-state index in [-0.39, 0.29) is 17.4 Å². The molecule has 1 saturated heterocycles. The Bertz CT molecular complexity index is 812. The number of piperidine rings is 1. The third kappa shape index (κ3) is 1.39. The summed E-state index contributed by atoms with van der Waals surface area (Å²) in [5.74, 6) is 3.46. The molecule has 2 aliphatic heterocycles. The van der Waals surface area contributed by atoms with Crippen LogP contribution in [0, 0.1) is 5.92 Å². The molecule has 0 aromatic heterocycles. The molecule has 4 aliphatic rings. The summed E-state index contributed by atoms with van der Waals surface area (Å²) in [4.78, 5) is 13.5. The second-order valence-corrected chi connectivity index (χ2v) is 6.85. The Labute approximate surface area is 140 Å². The van der Waals surface area contributed by atoms with Crippen molar-refractivity contribution in [3.05, 3.63) is 46.9 Å². The van der Waals surface area contributed by atoms with Crippen molar-refractivity contribution in [3.63, 3.8) is 0 Å². The maximum absolute atomic E-state index is 11.6. The lowest BCUT2D eigenvalue weighted by atomic mass is 9.55. The molecule has 3 atom stereocenters. The number of allylic oxidation sites excluding steroid dienone is 2. The zero-order valence-electron chi connectivity index (χ0n) is 13.7. The number of rotatable bonds is 3. The largest absolute Gasteiger partial charge is 0.493 e. The minimum Gasteiger partial charge on any atom is -0.493 e. The Balaban J connectivity index is 1.83.